The van der Waals surface area contributed by atoms with Crippen molar-refractivity contribution < 1.29 is 33.8 Å². The molecule has 10 nitrogen and oxygen atoms in total. The third kappa shape index (κ3) is 6.35. The molecule has 3 heterocycles. The minimum absolute atomic E-state index is 0.0663. The van der Waals surface area contributed by atoms with Crippen LogP contribution in [-0.2, 0) is 19.2 Å². The average Bonchev–Trinajstić information content (AvgIpc) is 3.60. The fourth-order valence-electron chi connectivity index (χ4n) is 5.58. The smallest absolute Gasteiger partial charge is 0.308 e. The average molecular weight is 518 g/mol. The molecule has 10 heteroatoms. The van der Waals surface area contributed by atoms with Gasteiger partial charge in [0.05, 0.1) is 19.1 Å². The Morgan fingerprint density at radius 3 is 2.70 bits per heavy atom. The van der Waals surface area contributed by atoms with Gasteiger partial charge in [-0.05, 0) is 43.4 Å². The van der Waals surface area contributed by atoms with Crippen LogP contribution in [0.4, 0.5) is 0 Å². The number of carboxylic acid groups (broad SMARTS) is 1. The van der Waals surface area contributed by atoms with E-state index in [0.717, 1.165) is 31.2 Å². The zero-order chi connectivity index (χ0) is 26.4. The summed E-state index contributed by atoms with van der Waals surface area (Å²) in [6, 6.07) is 5.16. The van der Waals surface area contributed by atoms with Crippen molar-refractivity contribution in [3.05, 3.63) is 23.8 Å². The lowest BCUT2D eigenvalue weighted by atomic mass is 9.84. The lowest BCUT2D eigenvalue weighted by molar-refractivity contribution is -0.188. The zero-order valence-corrected chi connectivity index (χ0v) is 21.9. The molecule has 2 amide bonds. The summed E-state index contributed by atoms with van der Waals surface area (Å²) < 4.78 is 11.0. The second kappa shape index (κ2) is 12.6. The van der Waals surface area contributed by atoms with E-state index in [0.29, 0.717) is 57.1 Å². The minimum Gasteiger partial charge on any atom is -0.481 e. The van der Waals surface area contributed by atoms with Crippen molar-refractivity contribution in [2.45, 2.75) is 64.3 Å². The summed E-state index contributed by atoms with van der Waals surface area (Å²) in [7, 11) is 0. The van der Waals surface area contributed by atoms with E-state index >= 15 is 0 Å². The summed E-state index contributed by atoms with van der Waals surface area (Å²) in [4.78, 5) is 47.8. The second-order valence-corrected chi connectivity index (χ2v) is 10.0. The van der Waals surface area contributed by atoms with Crippen LogP contribution in [-0.4, -0.2) is 89.9 Å². The van der Waals surface area contributed by atoms with Gasteiger partial charge in [0.15, 0.2) is 11.5 Å². The molecule has 0 bridgehead atoms. The van der Waals surface area contributed by atoms with Gasteiger partial charge in [0, 0.05) is 44.6 Å². The van der Waals surface area contributed by atoms with Crippen LogP contribution in [0.1, 0.15) is 63.9 Å². The van der Waals surface area contributed by atoms with Crippen molar-refractivity contribution >= 4 is 17.8 Å². The minimum atomic E-state index is -0.902. The van der Waals surface area contributed by atoms with E-state index in [2.05, 4.69) is 6.92 Å². The van der Waals surface area contributed by atoms with E-state index in [1.807, 2.05) is 34.9 Å². The van der Waals surface area contributed by atoms with Crippen molar-refractivity contribution in [3.63, 3.8) is 0 Å². The topological polar surface area (TPSA) is 109 Å². The Morgan fingerprint density at radius 2 is 2.00 bits per heavy atom. The van der Waals surface area contributed by atoms with Gasteiger partial charge in [0.25, 0.3) is 5.91 Å². The molecule has 3 atom stereocenters. The lowest BCUT2D eigenvalue weighted by Gasteiger charge is -2.30. The van der Waals surface area contributed by atoms with Gasteiger partial charge in [-0.15, -0.1) is 0 Å². The highest BCUT2D eigenvalue weighted by Gasteiger charge is 2.47. The number of hydroxylamine groups is 2. The Hall–Kier alpha value is -2.85. The van der Waals surface area contributed by atoms with E-state index < -0.39 is 17.9 Å². The molecule has 0 radical (unpaired) electrons. The maximum atomic E-state index is 13.4. The van der Waals surface area contributed by atoms with Gasteiger partial charge in [0.1, 0.15) is 0 Å². The molecule has 0 saturated carbocycles. The first-order valence-corrected chi connectivity index (χ1v) is 13.5. The van der Waals surface area contributed by atoms with Crippen LogP contribution >= 0.6 is 0 Å². The highest BCUT2D eigenvalue weighted by molar-refractivity contribution is 5.79. The molecule has 0 aliphatic carbocycles. The molecule has 0 spiro atoms. The predicted molar refractivity (Wildman–Crippen MR) is 135 cm³/mol. The van der Waals surface area contributed by atoms with Crippen molar-refractivity contribution in [2.24, 2.45) is 5.92 Å². The largest absolute Gasteiger partial charge is 0.481 e. The number of hydrogen-bond donors (Lipinski definition) is 1. The summed E-state index contributed by atoms with van der Waals surface area (Å²) in [6.45, 7) is 6.81. The third-order valence-corrected chi connectivity index (χ3v) is 7.51. The van der Waals surface area contributed by atoms with Crippen LogP contribution < -0.4 is 9.47 Å². The van der Waals surface area contributed by atoms with E-state index in [-0.39, 0.29) is 31.1 Å². The number of hydrogen-bond acceptors (Lipinski definition) is 7. The molecule has 3 aliphatic heterocycles. The van der Waals surface area contributed by atoms with Gasteiger partial charge in [-0.3, -0.25) is 24.1 Å². The molecule has 4 rings (SSSR count). The van der Waals surface area contributed by atoms with Crippen LogP contribution in [0.3, 0.4) is 0 Å². The number of aliphatic carboxylic acids is 1. The molecule has 1 aromatic rings. The maximum Gasteiger partial charge on any atom is 0.308 e. The van der Waals surface area contributed by atoms with Crippen molar-refractivity contribution in [1.29, 1.82) is 0 Å². The summed E-state index contributed by atoms with van der Waals surface area (Å²) in [6.07, 6.45) is 4.41. The van der Waals surface area contributed by atoms with Crippen molar-refractivity contribution in [1.82, 2.24) is 14.9 Å². The number of benzene rings is 1. The number of carbonyl (C=O) groups excluding carboxylic acids is 2. The van der Waals surface area contributed by atoms with Gasteiger partial charge in [-0.2, -0.15) is 0 Å². The molecule has 37 heavy (non-hydrogen) atoms. The number of unbranched alkanes of at least 4 members (excludes halogenated alkanes) is 1. The number of rotatable bonds is 13. The quantitative estimate of drug-likeness (QED) is 0.398. The maximum absolute atomic E-state index is 13.4. The first-order chi connectivity index (χ1) is 17.9. The highest BCUT2D eigenvalue weighted by atomic mass is 16.7. The number of likely N-dealkylation sites (tertiary alicyclic amines) is 2. The summed E-state index contributed by atoms with van der Waals surface area (Å²) in [5.74, 6) is -0.775. The summed E-state index contributed by atoms with van der Waals surface area (Å²) >= 11 is 0. The molecular formula is C27H39N3O7. The Kier molecular flexibility index (Phi) is 9.26. The fraction of sp³-hybridized carbons (Fsp3) is 0.667. The van der Waals surface area contributed by atoms with Crippen molar-refractivity contribution in [3.8, 4) is 11.5 Å². The van der Waals surface area contributed by atoms with Crippen LogP contribution in [0, 0.1) is 5.92 Å². The Balaban J connectivity index is 1.57. The van der Waals surface area contributed by atoms with Gasteiger partial charge in [-0.25, -0.2) is 5.06 Å². The standard InChI is InChI=1S/C27H39N3O7/c1-3-5-12-30(37-14-4-2)25(32)17-29-16-20(19-8-9-22-23(15-19)36-18-35-22)26(27(33)34)21(29)10-13-28-11-6-7-24(28)31/h8-9,15,20-21,26H,3-7,10-14,16-18H2,1-2H3,(H,33,34)/t20?,21-,26+/m1/s1. The Bertz CT molecular complexity index is 963. The Morgan fingerprint density at radius 1 is 1.19 bits per heavy atom. The first-order valence-electron chi connectivity index (χ1n) is 13.5. The zero-order valence-electron chi connectivity index (χ0n) is 21.9. The van der Waals surface area contributed by atoms with Gasteiger partial charge < -0.3 is 19.5 Å². The second-order valence-electron chi connectivity index (χ2n) is 10.0. The van der Waals surface area contributed by atoms with Crippen LogP contribution in [0.2, 0.25) is 0 Å². The fourth-order valence-corrected chi connectivity index (χ4v) is 5.58. The monoisotopic (exact) mass is 517 g/mol. The Labute approximate surface area is 218 Å². The lowest BCUT2D eigenvalue weighted by Crippen LogP contribution is -2.45. The number of carbonyl (C=O) groups is 3. The number of carboxylic acids is 1. The molecule has 1 unspecified atom stereocenters. The van der Waals surface area contributed by atoms with E-state index in [9.17, 15) is 19.5 Å². The number of fused-ring (bicyclic) bond motifs is 1. The van der Waals surface area contributed by atoms with Crippen LogP contribution in [0.25, 0.3) is 0 Å². The number of ether oxygens (including phenoxy) is 2. The van der Waals surface area contributed by atoms with Crippen molar-refractivity contribution in [2.75, 3.05) is 46.1 Å². The van der Waals surface area contributed by atoms with Gasteiger partial charge in [0.2, 0.25) is 12.7 Å². The van der Waals surface area contributed by atoms with E-state index in [4.69, 9.17) is 14.3 Å². The SMILES string of the molecule is CCCCN(OCCC)C(=O)CN1CC(c2ccc3c(c2)OCO3)[C@H](C(=O)O)[C@H]1CCN1CCCC1=O. The molecule has 1 N–H and O–H groups in total. The molecule has 3 aliphatic rings. The van der Waals surface area contributed by atoms with E-state index in [1.165, 1.54) is 5.06 Å². The molecule has 0 aromatic heterocycles. The molecule has 204 valence electrons. The third-order valence-electron chi connectivity index (χ3n) is 7.51. The van der Waals surface area contributed by atoms with Crippen LogP contribution in [0.15, 0.2) is 18.2 Å². The summed E-state index contributed by atoms with van der Waals surface area (Å²) in [5, 5.41) is 11.8. The summed E-state index contributed by atoms with van der Waals surface area (Å²) in [5.41, 5.74) is 0.846. The van der Waals surface area contributed by atoms with Gasteiger partial charge in [-0.1, -0.05) is 26.3 Å². The van der Waals surface area contributed by atoms with E-state index in [1.54, 1.807) is 0 Å². The predicted octanol–water partition coefficient (Wildman–Crippen LogP) is 2.87. The highest BCUT2D eigenvalue weighted by Crippen LogP contribution is 2.42. The van der Waals surface area contributed by atoms with Gasteiger partial charge >= 0.3 is 5.97 Å². The molecule has 2 saturated heterocycles. The number of nitrogens with zero attached hydrogens (tertiary/aromatic N) is 3. The molecule has 1 aromatic carbocycles. The molecular weight excluding hydrogens is 478 g/mol. The first kappa shape index (κ1) is 27.2. The molecule has 2 fully saturated rings. The normalized spacial score (nSPS) is 23.1. The number of amides is 2. The van der Waals surface area contributed by atoms with Crippen LogP contribution in [0.5, 0.6) is 11.5 Å².